The lowest BCUT2D eigenvalue weighted by atomic mass is 10.2. The summed E-state index contributed by atoms with van der Waals surface area (Å²) < 4.78 is 3.49. The van der Waals surface area contributed by atoms with Crippen LogP contribution in [0.4, 0.5) is 5.95 Å². The van der Waals surface area contributed by atoms with Crippen molar-refractivity contribution < 1.29 is 4.79 Å². The lowest BCUT2D eigenvalue weighted by molar-refractivity contribution is 0.0940. The largest absolute Gasteiger partial charge is 0.347 e. The van der Waals surface area contributed by atoms with E-state index in [-0.39, 0.29) is 11.9 Å². The minimum atomic E-state index is -0.0782. The highest BCUT2D eigenvalue weighted by atomic mass is 16.1. The molecule has 1 unspecified atom stereocenters. The van der Waals surface area contributed by atoms with Crippen molar-refractivity contribution in [3.8, 4) is 11.3 Å². The van der Waals surface area contributed by atoms with Crippen LogP contribution in [-0.4, -0.2) is 54.4 Å². The average Bonchev–Trinajstić information content (AvgIpc) is 3.48. The first kappa shape index (κ1) is 17.4. The summed E-state index contributed by atoms with van der Waals surface area (Å²) in [5.74, 6) is 0.592. The van der Waals surface area contributed by atoms with Crippen molar-refractivity contribution in [1.82, 2.24) is 34.7 Å². The maximum Gasteiger partial charge on any atom is 0.251 e. The number of aromatic nitrogens is 6. The molecule has 1 amide bonds. The lowest BCUT2D eigenvalue weighted by Crippen LogP contribution is -2.37. The number of anilines is 1. The third-order valence-electron chi connectivity index (χ3n) is 5.11. The summed E-state index contributed by atoms with van der Waals surface area (Å²) in [6, 6.07) is 7.43. The summed E-state index contributed by atoms with van der Waals surface area (Å²) in [5.41, 5.74) is 3.32. The first-order valence-corrected chi connectivity index (χ1v) is 9.47. The van der Waals surface area contributed by atoms with Crippen LogP contribution in [0.15, 0.2) is 55.2 Å². The number of hydrogen-bond donors (Lipinski definition) is 1. The maximum absolute atomic E-state index is 12.7. The van der Waals surface area contributed by atoms with E-state index in [9.17, 15) is 4.79 Å². The molecule has 5 rings (SSSR count). The molecule has 0 spiro atoms. The molecule has 0 radical (unpaired) electrons. The van der Waals surface area contributed by atoms with Gasteiger partial charge in [0, 0.05) is 62.1 Å². The summed E-state index contributed by atoms with van der Waals surface area (Å²) >= 11 is 0. The third-order valence-corrected chi connectivity index (χ3v) is 5.11. The van der Waals surface area contributed by atoms with Gasteiger partial charge in [-0.05, 0) is 30.7 Å². The molecule has 5 heterocycles. The molecule has 1 N–H and O–H groups in total. The highest BCUT2D eigenvalue weighted by Gasteiger charge is 2.26. The van der Waals surface area contributed by atoms with E-state index in [1.807, 2.05) is 31.4 Å². The second-order valence-electron chi connectivity index (χ2n) is 7.17. The number of aryl methyl sites for hydroxylation is 1. The van der Waals surface area contributed by atoms with Crippen molar-refractivity contribution >= 4 is 17.4 Å². The number of hydrogen-bond acceptors (Lipinski definition) is 6. The zero-order chi connectivity index (χ0) is 19.8. The van der Waals surface area contributed by atoms with Gasteiger partial charge in [0.1, 0.15) is 0 Å². The third kappa shape index (κ3) is 3.42. The van der Waals surface area contributed by atoms with Gasteiger partial charge in [-0.25, -0.2) is 14.5 Å². The highest BCUT2D eigenvalue weighted by molar-refractivity contribution is 5.95. The Bertz CT molecular complexity index is 1180. The lowest BCUT2D eigenvalue weighted by Gasteiger charge is -2.17. The molecule has 1 aliphatic rings. The van der Waals surface area contributed by atoms with Crippen LogP contribution in [0.2, 0.25) is 0 Å². The minimum Gasteiger partial charge on any atom is -0.347 e. The second-order valence-corrected chi connectivity index (χ2v) is 7.17. The van der Waals surface area contributed by atoms with Gasteiger partial charge in [0.25, 0.3) is 5.91 Å². The summed E-state index contributed by atoms with van der Waals surface area (Å²) in [5, 5.41) is 11.5. The fourth-order valence-electron chi connectivity index (χ4n) is 3.61. The SMILES string of the molecule is Cn1cc(-c2ccnc(N3CCC(NC(=O)c4ccn5nccc5c4)C3)n2)cn1. The van der Waals surface area contributed by atoms with Crippen molar-refractivity contribution in [3.05, 3.63) is 60.8 Å². The van der Waals surface area contributed by atoms with Crippen LogP contribution in [0.25, 0.3) is 16.8 Å². The summed E-state index contributed by atoms with van der Waals surface area (Å²) in [6.45, 7) is 1.47. The fraction of sp³-hybridized carbons (Fsp3) is 0.250. The molecule has 4 aromatic heterocycles. The predicted molar refractivity (Wildman–Crippen MR) is 108 cm³/mol. The fourth-order valence-corrected chi connectivity index (χ4v) is 3.61. The van der Waals surface area contributed by atoms with Gasteiger partial charge in [0.2, 0.25) is 5.95 Å². The number of carbonyl (C=O) groups is 1. The zero-order valence-electron chi connectivity index (χ0n) is 15.9. The van der Waals surface area contributed by atoms with Gasteiger partial charge >= 0.3 is 0 Å². The number of rotatable bonds is 4. The Labute approximate surface area is 167 Å². The van der Waals surface area contributed by atoms with E-state index >= 15 is 0 Å². The number of fused-ring (bicyclic) bond motifs is 1. The molecule has 0 bridgehead atoms. The maximum atomic E-state index is 12.7. The van der Waals surface area contributed by atoms with Crippen LogP contribution in [0.1, 0.15) is 16.8 Å². The van der Waals surface area contributed by atoms with E-state index in [4.69, 9.17) is 0 Å². The summed E-state index contributed by atoms with van der Waals surface area (Å²) in [4.78, 5) is 23.8. The van der Waals surface area contributed by atoms with Crippen molar-refractivity contribution in [3.63, 3.8) is 0 Å². The smallest absolute Gasteiger partial charge is 0.251 e. The van der Waals surface area contributed by atoms with Crippen LogP contribution >= 0.6 is 0 Å². The Balaban J connectivity index is 1.27. The van der Waals surface area contributed by atoms with E-state index in [1.54, 1.807) is 40.1 Å². The molecule has 29 heavy (non-hydrogen) atoms. The monoisotopic (exact) mass is 388 g/mol. The first-order valence-electron chi connectivity index (χ1n) is 9.47. The molecule has 1 saturated heterocycles. The molecule has 1 atom stereocenters. The van der Waals surface area contributed by atoms with Crippen LogP contribution in [0, 0.1) is 0 Å². The number of carbonyl (C=O) groups excluding carboxylic acids is 1. The van der Waals surface area contributed by atoms with E-state index in [0.29, 0.717) is 18.1 Å². The summed E-state index contributed by atoms with van der Waals surface area (Å²) in [6.07, 6.45) is 9.83. The minimum absolute atomic E-state index is 0.0503. The molecule has 1 fully saturated rings. The van der Waals surface area contributed by atoms with Gasteiger partial charge in [-0.15, -0.1) is 0 Å². The number of amides is 1. The highest BCUT2D eigenvalue weighted by Crippen LogP contribution is 2.21. The normalized spacial score (nSPS) is 16.4. The molecular formula is C20H20N8O. The zero-order valence-corrected chi connectivity index (χ0v) is 15.9. The Kier molecular flexibility index (Phi) is 4.19. The molecular weight excluding hydrogens is 368 g/mol. The van der Waals surface area contributed by atoms with E-state index in [0.717, 1.165) is 29.7 Å². The van der Waals surface area contributed by atoms with Gasteiger partial charge in [-0.3, -0.25) is 9.48 Å². The van der Waals surface area contributed by atoms with Crippen molar-refractivity contribution in [1.29, 1.82) is 0 Å². The average molecular weight is 388 g/mol. The van der Waals surface area contributed by atoms with Gasteiger partial charge < -0.3 is 10.2 Å². The molecule has 0 saturated carbocycles. The van der Waals surface area contributed by atoms with Gasteiger partial charge in [0.05, 0.1) is 17.4 Å². The van der Waals surface area contributed by atoms with Crippen LogP contribution < -0.4 is 10.2 Å². The Morgan fingerprint density at radius 1 is 1.21 bits per heavy atom. The van der Waals surface area contributed by atoms with Crippen molar-refractivity contribution in [2.45, 2.75) is 12.5 Å². The molecule has 1 aliphatic heterocycles. The molecule has 9 nitrogen and oxygen atoms in total. The van der Waals surface area contributed by atoms with Crippen molar-refractivity contribution in [2.24, 2.45) is 7.05 Å². The molecule has 9 heteroatoms. The number of nitrogens with zero attached hydrogens (tertiary/aromatic N) is 7. The Morgan fingerprint density at radius 2 is 2.14 bits per heavy atom. The standard InChI is InChI=1S/C20H20N8O/c1-26-12-15(11-23-26)18-3-6-21-20(25-18)27-8-5-16(13-27)24-19(29)14-4-9-28-17(10-14)2-7-22-28/h2-4,6-7,9-12,16H,5,8,13H2,1H3,(H,24,29). The topological polar surface area (TPSA) is 93.2 Å². The van der Waals surface area contributed by atoms with E-state index in [2.05, 4.69) is 30.4 Å². The Hall–Kier alpha value is -3.75. The van der Waals surface area contributed by atoms with Crippen LogP contribution in [0.3, 0.4) is 0 Å². The molecule has 4 aromatic rings. The van der Waals surface area contributed by atoms with Gasteiger partial charge in [-0.2, -0.15) is 10.2 Å². The molecule has 0 aliphatic carbocycles. The van der Waals surface area contributed by atoms with Crippen LogP contribution in [0.5, 0.6) is 0 Å². The van der Waals surface area contributed by atoms with Gasteiger partial charge in [-0.1, -0.05) is 0 Å². The van der Waals surface area contributed by atoms with Crippen molar-refractivity contribution in [2.75, 3.05) is 18.0 Å². The van der Waals surface area contributed by atoms with Gasteiger partial charge in [0.15, 0.2) is 0 Å². The number of nitrogens with one attached hydrogen (secondary N) is 1. The predicted octanol–water partition coefficient (Wildman–Crippen LogP) is 1.53. The molecule has 146 valence electrons. The van der Waals surface area contributed by atoms with Crippen LogP contribution in [-0.2, 0) is 7.05 Å². The molecule has 0 aromatic carbocycles. The Morgan fingerprint density at radius 3 is 3.00 bits per heavy atom. The quantitative estimate of drug-likeness (QED) is 0.570. The summed E-state index contributed by atoms with van der Waals surface area (Å²) in [7, 11) is 1.88. The van der Waals surface area contributed by atoms with E-state index in [1.165, 1.54) is 0 Å². The van der Waals surface area contributed by atoms with E-state index < -0.39 is 0 Å². The first-order chi connectivity index (χ1) is 14.2. The second kappa shape index (κ2) is 7.01. The number of pyridine rings is 1.